The molecule has 0 heterocycles. The van der Waals surface area contributed by atoms with Gasteiger partial charge in [-0.15, -0.1) is 0 Å². The maximum absolute atomic E-state index is 10.8. The van der Waals surface area contributed by atoms with Crippen molar-refractivity contribution in [3.8, 4) is 0 Å². The topological polar surface area (TPSA) is 43.1 Å². The van der Waals surface area contributed by atoms with Crippen molar-refractivity contribution >= 4 is 16.1 Å². The zero-order valence-electron chi connectivity index (χ0n) is 6.92. The molecule has 0 fully saturated rings. The van der Waals surface area contributed by atoms with Crippen LogP contribution in [0.25, 0.3) is 0 Å². The number of hydrogen-bond acceptors (Lipinski definition) is 1. The van der Waals surface area contributed by atoms with E-state index in [9.17, 15) is 4.79 Å². The average molecular weight is 176 g/mol. The number of hydrogen-bond donors (Lipinski definition) is 1. The molecule has 2 nitrogen and oxygen atoms in total. The van der Waals surface area contributed by atoms with Crippen molar-refractivity contribution in [1.29, 1.82) is 0 Å². The lowest BCUT2D eigenvalue weighted by Gasteiger charge is -2.02. The van der Waals surface area contributed by atoms with E-state index in [1.807, 2.05) is 13.0 Å². The monoisotopic (exact) mass is 176 g/mol. The molecule has 0 saturated carbocycles. The highest BCUT2D eigenvalue weighted by molar-refractivity contribution is 6.08. The molecule has 0 aliphatic heterocycles. The van der Waals surface area contributed by atoms with Crippen molar-refractivity contribution in [1.82, 2.24) is 0 Å². The van der Waals surface area contributed by atoms with Crippen LogP contribution in [0.2, 0.25) is 0 Å². The molecule has 0 bridgehead atoms. The molecule has 61 valence electrons. The van der Waals surface area contributed by atoms with Gasteiger partial charge in [-0.05, 0) is 25.1 Å². The first kappa shape index (κ1) is 9.00. The molecule has 0 aromatic heterocycles. The van der Waals surface area contributed by atoms with Gasteiger partial charge in [0.1, 0.15) is 0 Å². The van der Waals surface area contributed by atoms with E-state index < -0.39 is 0 Å². The van der Waals surface area contributed by atoms with Gasteiger partial charge in [-0.1, -0.05) is 17.2 Å². The maximum Gasteiger partial charge on any atom is 0.248 e. The van der Waals surface area contributed by atoms with Gasteiger partial charge < -0.3 is 5.73 Å². The third kappa shape index (κ3) is 1.95. The van der Waals surface area contributed by atoms with Gasteiger partial charge in [-0.25, -0.2) is 0 Å². The summed E-state index contributed by atoms with van der Waals surface area (Å²) < 4.78 is 0. The second-order valence-corrected chi connectivity index (χ2v) is 3.10. The molecule has 3 radical (unpaired) electrons. The largest absolute Gasteiger partial charge is 0.366 e. The predicted octanol–water partition coefficient (Wildman–Crippen LogP) is 0.762. The second-order valence-electron chi connectivity index (χ2n) is 2.75. The lowest BCUT2D eigenvalue weighted by molar-refractivity contribution is 0.1000. The van der Waals surface area contributed by atoms with Gasteiger partial charge in [0.2, 0.25) is 5.91 Å². The lowest BCUT2D eigenvalue weighted by atomic mass is 10.1. The van der Waals surface area contributed by atoms with E-state index in [0.717, 1.165) is 17.2 Å². The van der Waals surface area contributed by atoms with Gasteiger partial charge in [0.15, 0.2) is 0 Å². The van der Waals surface area contributed by atoms with Crippen LogP contribution in [0, 0.1) is 6.92 Å². The molecule has 1 aromatic rings. The molecule has 0 unspecified atom stereocenters. The van der Waals surface area contributed by atoms with Gasteiger partial charge in [-0.3, -0.25) is 4.79 Å². The Morgan fingerprint density at radius 1 is 1.50 bits per heavy atom. The first-order valence-corrected chi connectivity index (χ1v) is 4.39. The Labute approximate surface area is 75.2 Å². The molecule has 2 N–H and O–H groups in total. The highest BCUT2D eigenvalue weighted by atomic mass is 28.1. The minimum atomic E-state index is -0.375. The Morgan fingerprint density at radius 2 is 2.17 bits per heavy atom. The number of benzene rings is 1. The Bertz CT molecular complexity index is 309. The maximum atomic E-state index is 10.8. The first-order chi connectivity index (χ1) is 5.63. The minimum absolute atomic E-state index is 0.375. The Hall–Kier alpha value is -1.09. The molecule has 0 aliphatic rings. The Morgan fingerprint density at radius 3 is 2.67 bits per heavy atom. The standard InChI is InChI=1S/C9H10NOSi/c1-6-2-7(5-12)4-8(3-6)9(10)11/h2-4H,5H2,1H3,(H2,10,11). The summed E-state index contributed by atoms with van der Waals surface area (Å²) in [6, 6.07) is 6.33. The van der Waals surface area contributed by atoms with Crippen molar-refractivity contribution in [3.05, 3.63) is 34.9 Å². The summed E-state index contributed by atoms with van der Waals surface area (Å²) in [5.41, 5.74) is 7.85. The summed E-state index contributed by atoms with van der Waals surface area (Å²) in [5, 5.41) is 0. The summed E-state index contributed by atoms with van der Waals surface area (Å²) in [6.45, 7) is 1.94. The number of aryl methyl sites for hydroxylation is 1. The van der Waals surface area contributed by atoms with Crippen LogP contribution in [0.4, 0.5) is 0 Å². The van der Waals surface area contributed by atoms with Crippen molar-refractivity contribution in [2.24, 2.45) is 5.73 Å². The van der Waals surface area contributed by atoms with E-state index in [0.29, 0.717) is 5.56 Å². The highest BCUT2D eigenvalue weighted by Crippen LogP contribution is 2.08. The molecule has 0 atom stereocenters. The summed E-state index contributed by atoms with van der Waals surface area (Å²) in [6.07, 6.45) is 0. The van der Waals surface area contributed by atoms with Gasteiger partial charge in [0, 0.05) is 15.8 Å². The number of primary amides is 1. The number of rotatable bonds is 2. The first-order valence-electron chi connectivity index (χ1n) is 3.68. The van der Waals surface area contributed by atoms with Crippen LogP contribution in [-0.2, 0) is 6.04 Å². The summed E-state index contributed by atoms with van der Waals surface area (Å²) in [7, 11) is 3.37. The Balaban J connectivity index is 3.15. The normalized spacial score (nSPS) is 9.83. The molecule has 1 amide bonds. The molecule has 0 saturated heterocycles. The summed E-state index contributed by atoms with van der Waals surface area (Å²) in [4.78, 5) is 10.8. The summed E-state index contributed by atoms with van der Waals surface area (Å²) in [5.74, 6) is -0.375. The number of amides is 1. The van der Waals surface area contributed by atoms with E-state index in [-0.39, 0.29) is 5.91 Å². The van der Waals surface area contributed by atoms with Crippen LogP contribution >= 0.6 is 0 Å². The van der Waals surface area contributed by atoms with Gasteiger partial charge in [0.05, 0.1) is 0 Å². The quantitative estimate of drug-likeness (QED) is 0.664. The van der Waals surface area contributed by atoms with Crippen molar-refractivity contribution in [2.75, 3.05) is 0 Å². The molecule has 1 rings (SSSR count). The minimum Gasteiger partial charge on any atom is -0.366 e. The lowest BCUT2D eigenvalue weighted by Crippen LogP contribution is -2.11. The van der Waals surface area contributed by atoms with E-state index in [2.05, 4.69) is 10.2 Å². The van der Waals surface area contributed by atoms with Gasteiger partial charge >= 0.3 is 0 Å². The van der Waals surface area contributed by atoms with Crippen LogP contribution in [0.1, 0.15) is 21.5 Å². The van der Waals surface area contributed by atoms with Crippen LogP contribution in [0.5, 0.6) is 0 Å². The SMILES string of the molecule is Cc1cc(C[Si])cc(C(N)=O)c1. The fourth-order valence-corrected chi connectivity index (χ4v) is 1.31. The fourth-order valence-electron chi connectivity index (χ4n) is 1.11. The molecule has 0 aliphatic carbocycles. The van der Waals surface area contributed by atoms with E-state index in [4.69, 9.17) is 5.73 Å². The van der Waals surface area contributed by atoms with Gasteiger partial charge in [-0.2, -0.15) is 0 Å². The third-order valence-electron chi connectivity index (χ3n) is 1.63. The number of carbonyl (C=O) groups is 1. The summed E-state index contributed by atoms with van der Waals surface area (Å²) >= 11 is 0. The number of carbonyl (C=O) groups excluding carboxylic acids is 1. The predicted molar refractivity (Wildman–Crippen MR) is 49.2 cm³/mol. The zero-order valence-corrected chi connectivity index (χ0v) is 7.92. The second kappa shape index (κ2) is 3.54. The van der Waals surface area contributed by atoms with Crippen LogP contribution in [0.3, 0.4) is 0 Å². The van der Waals surface area contributed by atoms with Crippen LogP contribution in [0.15, 0.2) is 18.2 Å². The molecule has 12 heavy (non-hydrogen) atoms. The van der Waals surface area contributed by atoms with Crippen LogP contribution < -0.4 is 5.73 Å². The molecule has 3 heteroatoms. The zero-order chi connectivity index (χ0) is 9.14. The van der Waals surface area contributed by atoms with Crippen molar-refractivity contribution in [2.45, 2.75) is 13.0 Å². The average Bonchev–Trinajstić information content (AvgIpc) is 2.03. The number of nitrogens with two attached hydrogens (primary N) is 1. The fraction of sp³-hybridized carbons (Fsp3) is 0.222. The smallest absolute Gasteiger partial charge is 0.248 e. The highest BCUT2D eigenvalue weighted by Gasteiger charge is 2.01. The molecular weight excluding hydrogens is 166 g/mol. The van der Waals surface area contributed by atoms with E-state index in [1.54, 1.807) is 12.1 Å². The molecule has 0 spiro atoms. The van der Waals surface area contributed by atoms with E-state index >= 15 is 0 Å². The Kier molecular flexibility index (Phi) is 2.65. The van der Waals surface area contributed by atoms with Crippen LogP contribution in [-0.4, -0.2) is 16.1 Å². The van der Waals surface area contributed by atoms with Crippen molar-refractivity contribution < 1.29 is 4.79 Å². The molecule has 1 aromatic carbocycles. The molecular formula is C9H10NOSi. The third-order valence-corrected chi connectivity index (χ3v) is 2.03. The van der Waals surface area contributed by atoms with Crippen molar-refractivity contribution in [3.63, 3.8) is 0 Å². The van der Waals surface area contributed by atoms with Gasteiger partial charge in [0.25, 0.3) is 0 Å². The van der Waals surface area contributed by atoms with E-state index in [1.165, 1.54) is 0 Å².